The standard InChI is InChI=1S/C20H24Cl2/c1-19(2,13-15-5-9-17(21)10-6-15)20(3,4)14-16-7-11-18(22)12-8-16/h5-12H,13-14H2,1-4H3. The summed E-state index contributed by atoms with van der Waals surface area (Å²) in [6, 6.07) is 16.4. The number of halogens is 2. The summed E-state index contributed by atoms with van der Waals surface area (Å²) in [6.07, 6.45) is 2.06. The summed E-state index contributed by atoms with van der Waals surface area (Å²) in [5.74, 6) is 0. The predicted molar refractivity (Wildman–Crippen MR) is 97.9 cm³/mol. The molecule has 0 unspecified atom stereocenters. The van der Waals surface area contributed by atoms with Crippen LogP contribution in [0.5, 0.6) is 0 Å². The van der Waals surface area contributed by atoms with E-state index in [1.165, 1.54) is 11.1 Å². The second-order valence-electron chi connectivity index (χ2n) is 7.37. The molecule has 2 aromatic carbocycles. The number of hydrogen-bond acceptors (Lipinski definition) is 0. The van der Waals surface area contributed by atoms with Gasteiger partial charge in [0.2, 0.25) is 0 Å². The first-order valence-corrected chi connectivity index (χ1v) is 8.44. The third-order valence-corrected chi connectivity index (χ3v) is 5.45. The Labute approximate surface area is 144 Å². The van der Waals surface area contributed by atoms with Crippen molar-refractivity contribution in [2.24, 2.45) is 10.8 Å². The maximum Gasteiger partial charge on any atom is 0.0406 e. The van der Waals surface area contributed by atoms with E-state index in [-0.39, 0.29) is 10.8 Å². The second kappa shape index (κ2) is 6.64. The van der Waals surface area contributed by atoms with Gasteiger partial charge in [-0.3, -0.25) is 0 Å². The molecule has 0 heterocycles. The van der Waals surface area contributed by atoms with Gasteiger partial charge in [0.25, 0.3) is 0 Å². The fourth-order valence-electron chi connectivity index (χ4n) is 2.70. The molecule has 0 aliphatic heterocycles. The van der Waals surface area contributed by atoms with Gasteiger partial charge >= 0.3 is 0 Å². The van der Waals surface area contributed by atoms with Crippen LogP contribution in [-0.2, 0) is 12.8 Å². The van der Waals surface area contributed by atoms with Gasteiger partial charge in [-0.15, -0.1) is 0 Å². The molecule has 0 saturated heterocycles. The van der Waals surface area contributed by atoms with Crippen LogP contribution < -0.4 is 0 Å². The Balaban J connectivity index is 2.14. The first kappa shape index (κ1) is 17.4. The minimum Gasteiger partial charge on any atom is -0.0843 e. The van der Waals surface area contributed by atoms with Gasteiger partial charge in [-0.25, -0.2) is 0 Å². The lowest BCUT2D eigenvalue weighted by molar-refractivity contribution is 0.109. The van der Waals surface area contributed by atoms with Crippen molar-refractivity contribution in [1.29, 1.82) is 0 Å². The monoisotopic (exact) mass is 334 g/mol. The van der Waals surface area contributed by atoms with E-state index in [1.54, 1.807) is 0 Å². The van der Waals surface area contributed by atoms with Gasteiger partial charge < -0.3 is 0 Å². The fourth-order valence-corrected chi connectivity index (χ4v) is 2.96. The first-order chi connectivity index (χ1) is 10.2. The van der Waals surface area contributed by atoms with Crippen LogP contribution in [0, 0.1) is 10.8 Å². The summed E-state index contributed by atoms with van der Waals surface area (Å²) < 4.78 is 0. The molecule has 0 bridgehead atoms. The zero-order valence-corrected chi connectivity index (χ0v) is 15.3. The first-order valence-electron chi connectivity index (χ1n) is 7.68. The molecular formula is C20H24Cl2. The average molecular weight is 335 g/mol. The van der Waals surface area contributed by atoms with Crippen LogP contribution in [0.25, 0.3) is 0 Å². The zero-order chi connectivity index (χ0) is 16.4. The third kappa shape index (κ3) is 4.27. The molecule has 2 rings (SSSR count). The summed E-state index contributed by atoms with van der Waals surface area (Å²) in [4.78, 5) is 0. The summed E-state index contributed by atoms with van der Waals surface area (Å²) in [7, 11) is 0. The van der Waals surface area contributed by atoms with Crippen LogP contribution in [0.15, 0.2) is 48.5 Å². The van der Waals surface area contributed by atoms with Gasteiger partial charge in [0.15, 0.2) is 0 Å². The molecule has 0 saturated carbocycles. The normalized spacial score (nSPS) is 12.5. The SMILES string of the molecule is CC(C)(Cc1ccc(Cl)cc1)C(C)(C)Cc1ccc(Cl)cc1. The molecule has 2 heteroatoms. The largest absolute Gasteiger partial charge is 0.0843 e. The Bertz CT molecular complexity index is 550. The van der Waals surface area contributed by atoms with E-state index < -0.39 is 0 Å². The molecule has 22 heavy (non-hydrogen) atoms. The summed E-state index contributed by atoms with van der Waals surface area (Å²) in [5, 5.41) is 1.59. The molecule has 0 aliphatic carbocycles. The molecule has 0 radical (unpaired) electrons. The lowest BCUT2D eigenvalue weighted by Gasteiger charge is -2.42. The summed E-state index contributed by atoms with van der Waals surface area (Å²) in [5.41, 5.74) is 3.00. The highest BCUT2D eigenvalue weighted by molar-refractivity contribution is 6.30. The molecule has 0 nitrogen and oxygen atoms in total. The Kier molecular flexibility index (Phi) is 5.25. The van der Waals surface area contributed by atoms with Gasteiger partial charge in [-0.1, -0.05) is 75.2 Å². The van der Waals surface area contributed by atoms with Crippen LogP contribution in [-0.4, -0.2) is 0 Å². The molecule has 118 valence electrons. The molecule has 0 aromatic heterocycles. The number of rotatable bonds is 5. The van der Waals surface area contributed by atoms with E-state index in [2.05, 4.69) is 52.0 Å². The second-order valence-corrected chi connectivity index (χ2v) is 8.25. The van der Waals surface area contributed by atoms with Crippen molar-refractivity contribution in [3.05, 3.63) is 69.7 Å². The van der Waals surface area contributed by atoms with Crippen molar-refractivity contribution in [2.45, 2.75) is 40.5 Å². The highest BCUT2D eigenvalue weighted by Gasteiger charge is 2.36. The zero-order valence-electron chi connectivity index (χ0n) is 13.8. The van der Waals surface area contributed by atoms with Crippen LogP contribution in [0.3, 0.4) is 0 Å². The minimum atomic E-state index is 0.167. The number of hydrogen-bond donors (Lipinski definition) is 0. The van der Waals surface area contributed by atoms with Gasteiger partial charge in [0.1, 0.15) is 0 Å². The Morgan fingerprint density at radius 2 is 0.864 bits per heavy atom. The quantitative estimate of drug-likeness (QED) is 0.562. The van der Waals surface area contributed by atoms with Crippen molar-refractivity contribution in [2.75, 3.05) is 0 Å². The highest BCUT2D eigenvalue weighted by atomic mass is 35.5. The van der Waals surface area contributed by atoms with Gasteiger partial charge in [-0.05, 0) is 59.1 Å². The highest BCUT2D eigenvalue weighted by Crippen LogP contribution is 2.43. The molecule has 0 spiro atoms. The maximum absolute atomic E-state index is 5.98. The Morgan fingerprint density at radius 3 is 1.14 bits per heavy atom. The predicted octanol–water partition coefficient (Wildman–Crippen LogP) is 6.83. The third-order valence-electron chi connectivity index (χ3n) is 4.95. The fraction of sp³-hybridized carbons (Fsp3) is 0.400. The van der Waals surface area contributed by atoms with Crippen molar-refractivity contribution in [3.8, 4) is 0 Å². The Hall–Kier alpha value is -0.980. The molecular weight excluding hydrogens is 311 g/mol. The van der Waals surface area contributed by atoms with Crippen LogP contribution in [0.4, 0.5) is 0 Å². The Morgan fingerprint density at radius 1 is 0.591 bits per heavy atom. The molecule has 2 aromatic rings. The van der Waals surface area contributed by atoms with E-state index in [4.69, 9.17) is 23.2 Å². The van der Waals surface area contributed by atoms with Crippen molar-refractivity contribution < 1.29 is 0 Å². The maximum atomic E-state index is 5.98. The molecule has 0 amide bonds. The molecule has 0 N–H and O–H groups in total. The van der Waals surface area contributed by atoms with Crippen molar-refractivity contribution >= 4 is 23.2 Å². The molecule has 0 aliphatic rings. The van der Waals surface area contributed by atoms with E-state index in [9.17, 15) is 0 Å². The van der Waals surface area contributed by atoms with Gasteiger partial charge in [0.05, 0.1) is 0 Å². The van der Waals surface area contributed by atoms with Gasteiger partial charge in [0, 0.05) is 10.0 Å². The van der Waals surface area contributed by atoms with Crippen LogP contribution in [0.2, 0.25) is 10.0 Å². The van der Waals surface area contributed by atoms with E-state index in [0.717, 1.165) is 22.9 Å². The summed E-state index contributed by atoms with van der Waals surface area (Å²) in [6.45, 7) is 9.38. The lowest BCUT2D eigenvalue weighted by atomic mass is 9.62. The summed E-state index contributed by atoms with van der Waals surface area (Å²) >= 11 is 12.0. The van der Waals surface area contributed by atoms with Gasteiger partial charge in [-0.2, -0.15) is 0 Å². The molecule has 0 atom stereocenters. The van der Waals surface area contributed by atoms with E-state index in [1.807, 2.05) is 24.3 Å². The van der Waals surface area contributed by atoms with E-state index >= 15 is 0 Å². The average Bonchev–Trinajstić information content (AvgIpc) is 2.43. The topological polar surface area (TPSA) is 0 Å². The van der Waals surface area contributed by atoms with Crippen LogP contribution >= 0.6 is 23.2 Å². The van der Waals surface area contributed by atoms with Crippen molar-refractivity contribution in [3.63, 3.8) is 0 Å². The smallest absolute Gasteiger partial charge is 0.0406 e. The number of benzene rings is 2. The van der Waals surface area contributed by atoms with Crippen LogP contribution in [0.1, 0.15) is 38.8 Å². The minimum absolute atomic E-state index is 0.167. The lowest BCUT2D eigenvalue weighted by Crippen LogP contribution is -2.36. The van der Waals surface area contributed by atoms with Crippen molar-refractivity contribution in [1.82, 2.24) is 0 Å². The molecule has 0 fully saturated rings. The van der Waals surface area contributed by atoms with E-state index in [0.29, 0.717) is 0 Å².